The number of methoxy groups -OCH3 is 3. The number of anilines is 1. The van der Waals surface area contributed by atoms with Crippen molar-refractivity contribution in [3.05, 3.63) is 66.7 Å². The molecule has 9 nitrogen and oxygen atoms in total. The standard InChI is InChI=1S/C27H28N4O5S/c1-34-24-17-21(18-25(35-2)27(24)36-3)23-10-11-26(29-28-23)30-12-14-31(15-13-30)37(32,33)22-9-8-19-6-4-5-7-20(19)16-22/h4-11,16-18H,12-15H2,1-3H3. The van der Waals surface area contributed by atoms with Gasteiger partial charge in [0.2, 0.25) is 15.8 Å². The van der Waals surface area contributed by atoms with Gasteiger partial charge in [0.25, 0.3) is 0 Å². The highest BCUT2D eigenvalue weighted by Gasteiger charge is 2.29. The molecule has 0 radical (unpaired) electrons. The number of hydrogen-bond donors (Lipinski definition) is 0. The number of hydrogen-bond acceptors (Lipinski definition) is 8. The minimum Gasteiger partial charge on any atom is -0.493 e. The molecular weight excluding hydrogens is 492 g/mol. The van der Waals surface area contributed by atoms with E-state index >= 15 is 0 Å². The van der Waals surface area contributed by atoms with Gasteiger partial charge < -0.3 is 19.1 Å². The quantitative estimate of drug-likeness (QED) is 0.363. The van der Waals surface area contributed by atoms with Crippen LogP contribution < -0.4 is 19.1 Å². The normalized spacial score (nSPS) is 14.5. The van der Waals surface area contributed by atoms with Crippen molar-refractivity contribution in [1.29, 1.82) is 0 Å². The first-order valence-electron chi connectivity index (χ1n) is 11.8. The molecule has 0 N–H and O–H groups in total. The number of benzene rings is 3. The van der Waals surface area contributed by atoms with Gasteiger partial charge in [-0.1, -0.05) is 30.3 Å². The number of fused-ring (bicyclic) bond motifs is 1. The Kier molecular flexibility index (Phi) is 6.86. The topological polar surface area (TPSA) is 94.1 Å². The molecular formula is C27H28N4O5S. The van der Waals surface area contributed by atoms with Gasteiger partial charge in [-0.15, -0.1) is 10.2 Å². The van der Waals surface area contributed by atoms with E-state index in [1.54, 1.807) is 33.5 Å². The lowest BCUT2D eigenvalue weighted by molar-refractivity contribution is 0.324. The third-order valence-electron chi connectivity index (χ3n) is 6.53. The third-order valence-corrected chi connectivity index (χ3v) is 8.43. The van der Waals surface area contributed by atoms with E-state index in [9.17, 15) is 8.42 Å². The van der Waals surface area contributed by atoms with E-state index in [1.165, 1.54) is 4.31 Å². The predicted molar refractivity (Wildman–Crippen MR) is 142 cm³/mol. The highest BCUT2D eigenvalue weighted by atomic mass is 32.2. The molecule has 0 amide bonds. The van der Waals surface area contributed by atoms with Crippen LogP contribution in [-0.2, 0) is 10.0 Å². The lowest BCUT2D eigenvalue weighted by atomic mass is 10.1. The maximum absolute atomic E-state index is 13.3. The fourth-order valence-electron chi connectivity index (χ4n) is 4.51. The number of ether oxygens (including phenoxy) is 3. The van der Waals surface area contributed by atoms with Crippen LogP contribution in [0.4, 0.5) is 5.82 Å². The molecule has 4 aromatic rings. The minimum absolute atomic E-state index is 0.314. The fourth-order valence-corrected chi connectivity index (χ4v) is 5.97. The van der Waals surface area contributed by atoms with Crippen molar-refractivity contribution in [2.45, 2.75) is 4.90 Å². The maximum Gasteiger partial charge on any atom is 0.243 e. The van der Waals surface area contributed by atoms with Gasteiger partial charge in [0.1, 0.15) is 0 Å². The number of nitrogens with zero attached hydrogens (tertiary/aromatic N) is 4. The predicted octanol–water partition coefficient (Wildman–Crippen LogP) is 3.83. The molecule has 0 saturated carbocycles. The Labute approximate surface area is 216 Å². The van der Waals surface area contributed by atoms with E-state index in [0.29, 0.717) is 59.8 Å². The molecule has 1 saturated heterocycles. The Hall–Kier alpha value is -3.89. The Bertz CT molecular complexity index is 1490. The summed E-state index contributed by atoms with van der Waals surface area (Å²) >= 11 is 0. The average Bonchev–Trinajstić information content (AvgIpc) is 2.96. The van der Waals surface area contributed by atoms with Gasteiger partial charge in [-0.2, -0.15) is 4.31 Å². The maximum atomic E-state index is 13.3. The van der Waals surface area contributed by atoms with Crippen molar-refractivity contribution < 1.29 is 22.6 Å². The summed E-state index contributed by atoms with van der Waals surface area (Å²) in [6, 6.07) is 20.4. The summed E-state index contributed by atoms with van der Waals surface area (Å²) in [6.07, 6.45) is 0. The van der Waals surface area contributed by atoms with Gasteiger partial charge in [-0.3, -0.25) is 0 Å². The molecule has 192 valence electrons. The van der Waals surface area contributed by atoms with Gasteiger partial charge in [0.05, 0.1) is 31.9 Å². The second-order valence-corrected chi connectivity index (χ2v) is 10.5. The second kappa shape index (κ2) is 10.2. The van der Waals surface area contributed by atoms with Crippen LogP contribution in [0, 0.1) is 0 Å². The average molecular weight is 521 g/mol. The smallest absolute Gasteiger partial charge is 0.243 e. The first kappa shape index (κ1) is 24.8. The fraction of sp³-hybridized carbons (Fsp3) is 0.259. The minimum atomic E-state index is -3.58. The van der Waals surface area contributed by atoms with Crippen LogP contribution in [0.5, 0.6) is 17.2 Å². The Morgan fingerprint density at radius 2 is 1.41 bits per heavy atom. The molecule has 0 bridgehead atoms. The monoisotopic (exact) mass is 520 g/mol. The summed E-state index contributed by atoms with van der Waals surface area (Å²) in [7, 11) is 1.10. The molecule has 37 heavy (non-hydrogen) atoms. The first-order valence-corrected chi connectivity index (χ1v) is 13.3. The first-order chi connectivity index (χ1) is 17.9. The molecule has 10 heteroatoms. The third kappa shape index (κ3) is 4.77. The molecule has 1 aliphatic rings. The number of piperazine rings is 1. The Morgan fingerprint density at radius 3 is 2.00 bits per heavy atom. The summed E-state index contributed by atoms with van der Waals surface area (Å²) < 4.78 is 44.3. The Balaban J connectivity index is 1.30. The highest BCUT2D eigenvalue weighted by molar-refractivity contribution is 7.89. The molecule has 0 atom stereocenters. The molecule has 0 aliphatic carbocycles. The van der Waals surface area contributed by atoms with Crippen LogP contribution >= 0.6 is 0 Å². The van der Waals surface area contributed by atoms with E-state index < -0.39 is 10.0 Å². The van der Waals surface area contributed by atoms with Crippen molar-refractivity contribution in [2.75, 3.05) is 52.4 Å². The molecule has 3 aromatic carbocycles. The van der Waals surface area contributed by atoms with E-state index in [1.807, 2.05) is 59.5 Å². The zero-order valence-corrected chi connectivity index (χ0v) is 21.7. The van der Waals surface area contributed by atoms with Crippen LogP contribution in [-0.4, -0.2) is 70.4 Å². The van der Waals surface area contributed by atoms with E-state index in [4.69, 9.17) is 14.2 Å². The zero-order valence-electron chi connectivity index (χ0n) is 20.9. The molecule has 1 fully saturated rings. The molecule has 5 rings (SSSR count). The zero-order chi connectivity index (χ0) is 26.0. The van der Waals surface area contributed by atoms with Crippen LogP contribution in [0.15, 0.2) is 71.6 Å². The molecule has 1 aliphatic heterocycles. The number of aromatic nitrogens is 2. The molecule has 2 heterocycles. The summed E-state index contributed by atoms with van der Waals surface area (Å²) in [5.74, 6) is 2.27. The van der Waals surface area contributed by atoms with E-state index in [-0.39, 0.29) is 0 Å². The number of rotatable bonds is 7. The van der Waals surface area contributed by atoms with Gasteiger partial charge in [-0.25, -0.2) is 8.42 Å². The van der Waals surface area contributed by atoms with Crippen molar-refractivity contribution in [3.63, 3.8) is 0 Å². The largest absolute Gasteiger partial charge is 0.493 e. The van der Waals surface area contributed by atoms with Crippen molar-refractivity contribution in [1.82, 2.24) is 14.5 Å². The van der Waals surface area contributed by atoms with Gasteiger partial charge >= 0.3 is 0 Å². The Morgan fingerprint density at radius 1 is 0.730 bits per heavy atom. The van der Waals surface area contributed by atoms with Crippen LogP contribution in [0.25, 0.3) is 22.0 Å². The van der Waals surface area contributed by atoms with Crippen LogP contribution in [0.3, 0.4) is 0 Å². The van der Waals surface area contributed by atoms with Crippen molar-refractivity contribution >= 4 is 26.6 Å². The van der Waals surface area contributed by atoms with Gasteiger partial charge in [-0.05, 0) is 47.2 Å². The molecule has 0 spiro atoms. The van der Waals surface area contributed by atoms with Crippen molar-refractivity contribution in [3.8, 4) is 28.5 Å². The highest BCUT2D eigenvalue weighted by Crippen LogP contribution is 2.40. The number of sulfonamides is 1. The van der Waals surface area contributed by atoms with Crippen molar-refractivity contribution in [2.24, 2.45) is 0 Å². The summed E-state index contributed by atoms with van der Waals surface area (Å²) in [5.41, 5.74) is 1.43. The van der Waals surface area contributed by atoms with Gasteiger partial charge in [0.15, 0.2) is 17.3 Å². The summed E-state index contributed by atoms with van der Waals surface area (Å²) in [5, 5.41) is 10.7. The molecule has 1 aromatic heterocycles. The summed E-state index contributed by atoms with van der Waals surface area (Å²) in [4.78, 5) is 2.35. The van der Waals surface area contributed by atoms with Crippen LogP contribution in [0.1, 0.15) is 0 Å². The lowest BCUT2D eigenvalue weighted by Gasteiger charge is -2.34. The SMILES string of the molecule is COc1cc(-c2ccc(N3CCN(S(=O)(=O)c4ccc5ccccc5c4)CC3)nn2)cc(OC)c1OC. The van der Waals surface area contributed by atoms with E-state index in [2.05, 4.69) is 10.2 Å². The lowest BCUT2D eigenvalue weighted by Crippen LogP contribution is -2.49. The second-order valence-electron chi connectivity index (χ2n) is 8.59. The molecule has 0 unspecified atom stereocenters. The summed E-state index contributed by atoms with van der Waals surface area (Å²) in [6.45, 7) is 1.77. The van der Waals surface area contributed by atoms with Crippen LogP contribution in [0.2, 0.25) is 0 Å². The van der Waals surface area contributed by atoms with Gasteiger partial charge in [0, 0.05) is 31.7 Å². The van der Waals surface area contributed by atoms with E-state index in [0.717, 1.165) is 16.3 Å².